The van der Waals surface area contributed by atoms with Crippen LogP contribution in [0.1, 0.15) is 30.7 Å². The van der Waals surface area contributed by atoms with Crippen LogP contribution in [0.25, 0.3) is 0 Å². The van der Waals surface area contributed by atoms with Gasteiger partial charge in [-0.05, 0) is 25.1 Å². The molecule has 114 valence electrons. The van der Waals surface area contributed by atoms with Crippen molar-refractivity contribution in [3.63, 3.8) is 0 Å². The van der Waals surface area contributed by atoms with Gasteiger partial charge in [0.05, 0.1) is 6.26 Å². The van der Waals surface area contributed by atoms with Gasteiger partial charge in [0, 0.05) is 43.0 Å². The van der Waals surface area contributed by atoms with E-state index in [2.05, 4.69) is 24.1 Å². The molecule has 3 nitrogen and oxygen atoms in total. The Kier molecular flexibility index (Phi) is 5.02. The van der Waals surface area contributed by atoms with Crippen molar-refractivity contribution >= 4 is 5.69 Å². The van der Waals surface area contributed by atoms with E-state index in [1.54, 1.807) is 12.3 Å². The Morgan fingerprint density at radius 3 is 2.67 bits per heavy atom. The van der Waals surface area contributed by atoms with Crippen LogP contribution in [0.15, 0.2) is 34.9 Å². The first kappa shape index (κ1) is 15.6. The molecule has 1 aromatic heterocycles. The largest absolute Gasteiger partial charge is 0.469 e. The summed E-state index contributed by atoms with van der Waals surface area (Å²) in [6.07, 6.45) is 1.69. The van der Waals surface area contributed by atoms with E-state index >= 15 is 0 Å². The highest BCUT2D eigenvalue weighted by Gasteiger charge is 2.14. The summed E-state index contributed by atoms with van der Waals surface area (Å²) in [4.78, 5) is 2.05. The van der Waals surface area contributed by atoms with Gasteiger partial charge >= 0.3 is 0 Å². The summed E-state index contributed by atoms with van der Waals surface area (Å²) in [5, 5.41) is 3.28. The zero-order valence-corrected chi connectivity index (χ0v) is 13.1. The molecule has 0 bridgehead atoms. The molecule has 2 rings (SSSR count). The summed E-state index contributed by atoms with van der Waals surface area (Å²) in [7, 11) is 1.97. The fourth-order valence-corrected chi connectivity index (χ4v) is 2.30. The highest BCUT2D eigenvalue weighted by Crippen LogP contribution is 2.24. The predicted octanol–water partition coefficient (Wildman–Crippen LogP) is 3.86. The van der Waals surface area contributed by atoms with E-state index in [-0.39, 0.29) is 5.82 Å². The Balaban J connectivity index is 2.21. The number of anilines is 1. The molecule has 0 fully saturated rings. The summed E-state index contributed by atoms with van der Waals surface area (Å²) in [5.74, 6) is 0.733. The lowest BCUT2D eigenvalue weighted by Gasteiger charge is -2.23. The smallest absolute Gasteiger partial charge is 0.129 e. The van der Waals surface area contributed by atoms with Gasteiger partial charge in [0.1, 0.15) is 11.6 Å². The second-order valence-corrected chi connectivity index (χ2v) is 5.63. The minimum atomic E-state index is -0.170. The molecular formula is C17H23FN2O. The number of rotatable bonds is 6. The van der Waals surface area contributed by atoms with Crippen LogP contribution in [0.3, 0.4) is 0 Å². The van der Waals surface area contributed by atoms with Crippen molar-refractivity contribution < 1.29 is 8.81 Å². The molecule has 2 aromatic rings. The molecule has 0 radical (unpaired) electrons. The molecule has 0 saturated carbocycles. The second kappa shape index (κ2) is 6.76. The molecule has 4 heteroatoms. The van der Waals surface area contributed by atoms with Crippen molar-refractivity contribution in [3.8, 4) is 0 Å². The summed E-state index contributed by atoms with van der Waals surface area (Å²) in [5.41, 5.74) is 2.73. The zero-order valence-electron chi connectivity index (χ0n) is 13.1. The van der Waals surface area contributed by atoms with E-state index in [0.29, 0.717) is 24.7 Å². The van der Waals surface area contributed by atoms with E-state index < -0.39 is 0 Å². The van der Waals surface area contributed by atoms with E-state index in [0.717, 1.165) is 17.0 Å². The van der Waals surface area contributed by atoms with Crippen LogP contribution < -0.4 is 10.2 Å². The molecule has 0 aliphatic carbocycles. The quantitative estimate of drug-likeness (QED) is 0.875. The van der Waals surface area contributed by atoms with Gasteiger partial charge in [-0.3, -0.25) is 0 Å². The van der Waals surface area contributed by atoms with E-state index in [1.165, 1.54) is 6.07 Å². The highest BCUT2D eigenvalue weighted by molar-refractivity contribution is 5.54. The van der Waals surface area contributed by atoms with E-state index in [1.807, 2.05) is 26.1 Å². The maximum absolute atomic E-state index is 14.1. The maximum Gasteiger partial charge on any atom is 0.129 e. The number of nitrogens with one attached hydrogen (secondary N) is 1. The van der Waals surface area contributed by atoms with Gasteiger partial charge in [0.2, 0.25) is 0 Å². The molecule has 1 aromatic carbocycles. The first-order chi connectivity index (χ1) is 9.99. The number of nitrogens with zero attached hydrogens (tertiary/aromatic N) is 1. The van der Waals surface area contributed by atoms with Gasteiger partial charge in [-0.15, -0.1) is 0 Å². The van der Waals surface area contributed by atoms with Crippen LogP contribution in [0.4, 0.5) is 10.1 Å². The fourth-order valence-electron chi connectivity index (χ4n) is 2.30. The van der Waals surface area contributed by atoms with E-state index in [9.17, 15) is 4.39 Å². The van der Waals surface area contributed by atoms with Crippen molar-refractivity contribution in [2.24, 2.45) is 0 Å². The Morgan fingerprint density at radius 2 is 2.05 bits per heavy atom. The lowest BCUT2D eigenvalue weighted by molar-refractivity contribution is 0.529. The van der Waals surface area contributed by atoms with Crippen molar-refractivity contribution in [2.75, 3.05) is 11.9 Å². The van der Waals surface area contributed by atoms with E-state index in [4.69, 9.17) is 4.42 Å². The molecule has 0 aliphatic heterocycles. The second-order valence-electron chi connectivity index (χ2n) is 5.63. The molecule has 1 N–H and O–H groups in total. The third-order valence-electron chi connectivity index (χ3n) is 3.57. The van der Waals surface area contributed by atoms with Crippen LogP contribution in [0, 0.1) is 12.7 Å². The molecule has 0 spiro atoms. The normalized spacial score (nSPS) is 11.1. The molecule has 0 unspecified atom stereocenters. The Hall–Kier alpha value is -1.81. The van der Waals surface area contributed by atoms with Crippen molar-refractivity contribution in [3.05, 3.63) is 53.2 Å². The number of hydrogen-bond donors (Lipinski definition) is 1. The number of halogens is 1. The van der Waals surface area contributed by atoms with Gasteiger partial charge in [-0.1, -0.05) is 19.9 Å². The third kappa shape index (κ3) is 3.85. The Bertz CT molecular complexity index is 592. The average Bonchev–Trinajstić information content (AvgIpc) is 2.82. The van der Waals surface area contributed by atoms with Crippen LogP contribution in [0.5, 0.6) is 0 Å². The van der Waals surface area contributed by atoms with Gasteiger partial charge in [0.25, 0.3) is 0 Å². The lowest BCUT2D eigenvalue weighted by atomic mass is 10.1. The first-order valence-corrected chi connectivity index (χ1v) is 7.24. The summed E-state index contributed by atoms with van der Waals surface area (Å²) >= 11 is 0. The zero-order chi connectivity index (χ0) is 15.4. The van der Waals surface area contributed by atoms with Crippen molar-refractivity contribution in [1.82, 2.24) is 5.32 Å². The van der Waals surface area contributed by atoms with Gasteiger partial charge in [-0.25, -0.2) is 4.39 Å². The van der Waals surface area contributed by atoms with Crippen LogP contribution >= 0.6 is 0 Å². The Labute approximate surface area is 125 Å². The fraction of sp³-hybridized carbons (Fsp3) is 0.412. The third-order valence-corrected chi connectivity index (χ3v) is 3.57. The molecule has 0 atom stereocenters. The van der Waals surface area contributed by atoms with Crippen molar-refractivity contribution in [1.29, 1.82) is 0 Å². The van der Waals surface area contributed by atoms with Gasteiger partial charge in [0.15, 0.2) is 0 Å². The summed E-state index contributed by atoms with van der Waals surface area (Å²) in [6.45, 7) is 7.27. The number of aryl methyl sites for hydroxylation is 1. The minimum Gasteiger partial charge on any atom is -0.469 e. The topological polar surface area (TPSA) is 28.4 Å². The number of furan rings is 1. The van der Waals surface area contributed by atoms with Crippen LogP contribution in [-0.2, 0) is 13.1 Å². The molecule has 0 saturated heterocycles. The lowest BCUT2D eigenvalue weighted by Crippen LogP contribution is -2.25. The summed E-state index contributed by atoms with van der Waals surface area (Å²) < 4.78 is 19.5. The number of hydrogen-bond acceptors (Lipinski definition) is 3. The van der Waals surface area contributed by atoms with Gasteiger partial charge < -0.3 is 14.6 Å². The standard InChI is InChI=1S/C17H23FN2O/c1-12(2)19-10-15-16(18)6-5-7-17(15)20(4)11-14-8-9-21-13(14)3/h5-9,12,19H,10-11H2,1-4H3. The first-order valence-electron chi connectivity index (χ1n) is 7.24. The minimum absolute atomic E-state index is 0.170. The van der Waals surface area contributed by atoms with Crippen LogP contribution in [-0.4, -0.2) is 13.1 Å². The van der Waals surface area contributed by atoms with Gasteiger partial charge in [-0.2, -0.15) is 0 Å². The van der Waals surface area contributed by atoms with Crippen molar-refractivity contribution in [2.45, 2.75) is 39.9 Å². The SMILES string of the molecule is Cc1occc1CN(C)c1cccc(F)c1CNC(C)C. The molecule has 21 heavy (non-hydrogen) atoms. The Morgan fingerprint density at radius 1 is 1.29 bits per heavy atom. The van der Waals surface area contributed by atoms with Crippen LogP contribution in [0.2, 0.25) is 0 Å². The average molecular weight is 290 g/mol. The number of benzene rings is 1. The molecule has 0 aliphatic rings. The predicted molar refractivity (Wildman–Crippen MR) is 83.9 cm³/mol. The molecule has 1 heterocycles. The molecule has 0 amide bonds. The maximum atomic E-state index is 14.1. The monoisotopic (exact) mass is 290 g/mol. The molecular weight excluding hydrogens is 267 g/mol. The summed E-state index contributed by atoms with van der Waals surface area (Å²) in [6, 6.07) is 7.49. The highest BCUT2D eigenvalue weighted by atomic mass is 19.1.